The van der Waals surface area contributed by atoms with Gasteiger partial charge in [-0.15, -0.1) is 0 Å². The Labute approximate surface area is 179 Å². The number of benzene rings is 3. The van der Waals surface area contributed by atoms with Crippen LogP contribution in [-0.2, 0) is 6.61 Å². The van der Waals surface area contributed by atoms with Crippen LogP contribution in [0.25, 0.3) is 0 Å². The van der Waals surface area contributed by atoms with Crippen LogP contribution in [0.5, 0.6) is 5.75 Å². The first-order chi connectivity index (χ1) is 14.9. The Balaban J connectivity index is 1.58. The molecule has 3 aromatic rings. The van der Waals surface area contributed by atoms with Gasteiger partial charge >= 0.3 is 0 Å². The van der Waals surface area contributed by atoms with Gasteiger partial charge in [0.05, 0.1) is 11.1 Å². The van der Waals surface area contributed by atoms with Gasteiger partial charge in [0.25, 0.3) is 11.6 Å². The number of para-hydroxylation sites is 1. The molecule has 1 N–H and O–H groups in total. The van der Waals surface area contributed by atoms with E-state index in [4.69, 9.17) is 4.74 Å². The molecule has 0 atom stereocenters. The van der Waals surface area contributed by atoms with Crippen molar-refractivity contribution in [2.24, 2.45) is 5.10 Å². The predicted octanol–water partition coefficient (Wildman–Crippen LogP) is 4.00. The number of hydrogen-bond donors (Lipinski definition) is 1. The third-order valence-corrected chi connectivity index (χ3v) is 4.42. The second-order valence-corrected chi connectivity index (χ2v) is 6.90. The molecule has 0 unspecified atom stereocenters. The number of nitrogens with one attached hydrogen (secondary N) is 1. The van der Waals surface area contributed by atoms with Gasteiger partial charge in [-0.1, -0.05) is 36.4 Å². The zero-order valence-electron chi connectivity index (χ0n) is 17.2. The molecule has 8 heteroatoms. The van der Waals surface area contributed by atoms with Crippen molar-refractivity contribution < 1.29 is 14.5 Å². The van der Waals surface area contributed by atoms with E-state index in [-0.39, 0.29) is 11.6 Å². The number of ether oxygens (including phenoxy) is 1. The van der Waals surface area contributed by atoms with Crippen LogP contribution in [-0.4, -0.2) is 31.1 Å². The highest BCUT2D eigenvalue weighted by Crippen LogP contribution is 2.27. The van der Waals surface area contributed by atoms with Crippen molar-refractivity contribution >= 4 is 23.5 Å². The van der Waals surface area contributed by atoms with Crippen LogP contribution < -0.4 is 15.1 Å². The van der Waals surface area contributed by atoms with Gasteiger partial charge < -0.3 is 9.64 Å². The average Bonchev–Trinajstić information content (AvgIpc) is 2.78. The zero-order chi connectivity index (χ0) is 22.2. The number of anilines is 1. The van der Waals surface area contributed by atoms with E-state index in [1.807, 2.05) is 42.5 Å². The van der Waals surface area contributed by atoms with Crippen molar-refractivity contribution in [3.8, 4) is 5.75 Å². The summed E-state index contributed by atoms with van der Waals surface area (Å²) in [6, 6.07) is 21.2. The molecule has 0 saturated heterocycles. The van der Waals surface area contributed by atoms with Gasteiger partial charge in [-0.05, 0) is 35.9 Å². The van der Waals surface area contributed by atoms with Crippen LogP contribution in [0.15, 0.2) is 77.9 Å². The molecule has 0 spiro atoms. The molecule has 0 heterocycles. The average molecular weight is 418 g/mol. The highest BCUT2D eigenvalue weighted by Gasteiger charge is 2.15. The molecule has 0 aliphatic carbocycles. The standard InChI is InChI=1S/C23H22N4O4/c1-26(2)21-13-10-18(14-22(21)27(29)30)15-24-25-23(28)19-11-8-17(9-12-19)16-31-20-6-4-3-5-7-20/h3-15H,16H2,1-2H3,(H,25,28)/b24-15-. The van der Waals surface area contributed by atoms with E-state index in [1.54, 1.807) is 43.3 Å². The van der Waals surface area contributed by atoms with Crippen molar-refractivity contribution in [3.05, 3.63) is 99.6 Å². The Morgan fingerprint density at radius 3 is 2.45 bits per heavy atom. The number of carbonyl (C=O) groups excluding carboxylic acids is 1. The Hall–Kier alpha value is -4.20. The fourth-order valence-electron chi connectivity index (χ4n) is 2.81. The van der Waals surface area contributed by atoms with Gasteiger partial charge in [-0.2, -0.15) is 5.10 Å². The Kier molecular flexibility index (Phi) is 6.95. The SMILES string of the molecule is CN(C)c1ccc(/C=N\NC(=O)c2ccc(COc3ccccc3)cc2)cc1[N+](=O)[O-]. The fourth-order valence-corrected chi connectivity index (χ4v) is 2.81. The summed E-state index contributed by atoms with van der Waals surface area (Å²) in [5.41, 5.74) is 4.76. The largest absolute Gasteiger partial charge is 0.489 e. The topological polar surface area (TPSA) is 97.1 Å². The third kappa shape index (κ3) is 5.89. The molecule has 8 nitrogen and oxygen atoms in total. The third-order valence-electron chi connectivity index (χ3n) is 4.42. The smallest absolute Gasteiger partial charge is 0.293 e. The minimum absolute atomic E-state index is 0.0337. The van der Waals surface area contributed by atoms with E-state index >= 15 is 0 Å². The van der Waals surface area contributed by atoms with Crippen molar-refractivity contribution in [3.63, 3.8) is 0 Å². The molecule has 0 bridgehead atoms. The summed E-state index contributed by atoms with van der Waals surface area (Å²) >= 11 is 0. The Bertz CT molecular complexity index is 1080. The maximum Gasteiger partial charge on any atom is 0.293 e. The van der Waals surface area contributed by atoms with E-state index in [2.05, 4.69) is 10.5 Å². The summed E-state index contributed by atoms with van der Waals surface area (Å²) < 4.78 is 5.68. The molecule has 0 aliphatic heterocycles. The molecule has 158 valence electrons. The lowest BCUT2D eigenvalue weighted by atomic mass is 10.1. The lowest BCUT2D eigenvalue weighted by molar-refractivity contribution is -0.384. The van der Waals surface area contributed by atoms with Crippen LogP contribution in [0.3, 0.4) is 0 Å². The maximum absolute atomic E-state index is 12.3. The van der Waals surface area contributed by atoms with Gasteiger partial charge in [0.1, 0.15) is 18.0 Å². The van der Waals surface area contributed by atoms with Crippen molar-refractivity contribution in [1.29, 1.82) is 0 Å². The first-order valence-corrected chi connectivity index (χ1v) is 9.50. The molecule has 0 aliphatic rings. The predicted molar refractivity (Wildman–Crippen MR) is 120 cm³/mol. The van der Waals surface area contributed by atoms with Gasteiger partial charge in [-0.25, -0.2) is 5.43 Å². The van der Waals surface area contributed by atoms with E-state index in [0.29, 0.717) is 23.4 Å². The van der Waals surface area contributed by atoms with Crippen LogP contribution in [0.2, 0.25) is 0 Å². The van der Waals surface area contributed by atoms with Crippen molar-refractivity contribution in [2.45, 2.75) is 6.61 Å². The lowest BCUT2D eigenvalue weighted by Gasteiger charge is -2.12. The second-order valence-electron chi connectivity index (χ2n) is 6.90. The summed E-state index contributed by atoms with van der Waals surface area (Å²) in [5, 5.41) is 15.2. The van der Waals surface area contributed by atoms with Crippen LogP contribution in [0, 0.1) is 10.1 Å². The molecular formula is C23H22N4O4. The summed E-state index contributed by atoms with van der Waals surface area (Å²) in [7, 11) is 3.46. The van der Waals surface area contributed by atoms with Gasteiger partial charge in [0.2, 0.25) is 0 Å². The molecule has 0 radical (unpaired) electrons. The van der Waals surface area contributed by atoms with Crippen LogP contribution >= 0.6 is 0 Å². The van der Waals surface area contributed by atoms with Gasteiger partial charge in [0, 0.05) is 31.3 Å². The zero-order valence-corrected chi connectivity index (χ0v) is 17.2. The van der Waals surface area contributed by atoms with Gasteiger partial charge in [0.15, 0.2) is 0 Å². The molecular weight excluding hydrogens is 396 g/mol. The molecule has 31 heavy (non-hydrogen) atoms. The molecule has 3 aromatic carbocycles. The minimum atomic E-state index is -0.450. The van der Waals surface area contributed by atoms with Crippen molar-refractivity contribution in [2.75, 3.05) is 19.0 Å². The van der Waals surface area contributed by atoms with E-state index in [9.17, 15) is 14.9 Å². The quantitative estimate of drug-likeness (QED) is 0.339. The van der Waals surface area contributed by atoms with Crippen LogP contribution in [0.4, 0.5) is 11.4 Å². The number of nitrogens with zero attached hydrogens (tertiary/aromatic N) is 3. The monoisotopic (exact) mass is 418 g/mol. The van der Waals surface area contributed by atoms with E-state index in [1.165, 1.54) is 12.3 Å². The number of amides is 1. The summed E-state index contributed by atoms with van der Waals surface area (Å²) in [6.07, 6.45) is 1.37. The first kappa shape index (κ1) is 21.5. The van der Waals surface area contributed by atoms with E-state index in [0.717, 1.165) is 11.3 Å². The number of nitro groups is 1. The molecule has 0 fully saturated rings. The second kappa shape index (κ2) is 10.0. The minimum Gasteiger partial charge on any atom is -0.489 e. The number of rotatable bonds is 8. The Morgan fingerprint density at radius 2 is 1.81 bits per heavy atom. The number of carbonyl (C=O) groups is 1. The highest BCUT2D eigenvalue weighted by atomic mass is 16.6. The number of nitro benzene ring substituents is 1. The fraction of sp³-hybridized carbons (Fsp3) is 0.130. The van der Waals surface area contributed by atoms with Crippen molar-refractivity contribution in [1.82, 2.24) is 5.43 Å². The molecule has 3 rings (SSSR count). The maximum atomic E-state index is 12.3. The normalized spacial score (nSPS) is 10.6. The van der Waals surface area contributed by atoms with Crippen LogP contribution in [0.1, 0.15) is 21.5 Å². The number of hydrogen-bond acceptors (Lipinski definition) is 6. The molecule has 0 aromatic heterocycles. The summed E-state index contributed by atoms with van der Waals surface area (Å²) in [5.74, 6) is 0.392. The number of hydrazone groups is 1. The first-order valence-electron chi connectivity index (χ1n) is 9.50. The van der Waals surface area contributed by atoms with E-state index < -0.39 is 4.92 Å². The van der Waals surface area contributed by atoms with Gasteiger partial charge in [-0.3, -0.25) is 14.9 Å². The summed E-state index contributed by atoms with van der Waals surface area (Å²) in [4.78, 5) is 24.7. The summed E-state index contributed by atoms with van der Waals surface area (Å²) in [6.45, 7) is 0.395. The Morgan fingerprint density at radius 1 is 1.10 bits per heavy atom. The molecule has 0 saturated carbocycles. The highest BCUT2D eigenvalue weighted by molar-refractivity contribution is 5.95. The molecule has 1 amide bonds. The lowest BCUT2D eigenvalue weighted by Crippen LogP contribution is -2.17.